The van der Waals surface area contributed by atoms with Gasteiger partial charge in [-0.3, -0.25) is 0 Å². The number of halogens is 2. The number of aryl methyl sites for hydroxylation is 2. The standard InChI is InChI=1S/C18H20Cl2N2O2S/c1-13-11-14(2)18(16(20)12-13)21-7-9-22(10-8-21)25(23,24)17-6-4-3-5-15(17)19/h3-6,11-12H,7-10H2,1-2H3. The number of hydrogen-bond acceptors (Lipinski definition) is 3. The van der Waals surface area contributed by atoms with E-state index in [2.05, 4.69) is 11.0 Å². The van der Waals surface area contributed by atoms with Gasteiger partial charge in [0.25, 0.3) is 0 Å². The molecule has 134 valence electrons. The fraction of sp³-hybridized carbons (Fsp3) is 0.333. The smallest absolute Gasteiger partial charge is 0.244 e. The molecule has 4 nitrogen and oxygen atoms in total. The monoisotopic (exact) mass is 398 g/mol. The minimum atomic E-state index is -3.58. The van der Waals surface area contributed by atoms with Crippen LogP contribution in [0.1, 0.15) is 11.1 Å². The first kappa shape index (κ1) is 18.5. The van der Waals surface area contributed by atoms with Gasteiger partial charge in [0.2, 0.25) is 10.0 Å². The summed E-state index contributed by atoms with van der Waals surface area (Å²) in [5, 5.41) is 0.960. The molecule has 0 aliphatic carbocycles. The second kappa shape index (κ2) is 7.16. The summed E-state index contributed by atoms with van der Waals surface area (Å²) in [6.45, 7) is 6.02. The van der Waals surface area contributed by atoms with Gasteiger partial charge in [0.05, 0.1) is 15.7 Å². The molecule has 0 spiro atoms. The first-order chi connectivity index (χ1) is 11.8. The summed E-state index contributed by atoms with van der Waals surface area (Å²) in [5.74, 6) is 0. The molecule has 0 aromatic heterocycles. The van der Waals surface area contributed by atoms with Gasteiger partial charge in [-0.15, -0.1) is 0 Å². The molecule has 0 amide bonds. The lowest BCUT2D eigenvalue weighted by Gasteiger charge is -2.36. The van der Waals surface area contributed by atoms with E-state index in [4.69, 9.17) is 23.2 Å². The highest BCUT2D eigenvalue weighted by atomic mass is 35.5. The molecule has 25 heavy (non-hydrogen) atoms. The minimum Gasteiger partial charge on any atom is -0.367 e. The predicted octanol–water partition coefficient (Wildman–Crippen LogP) is 4.12. The first-order valence-electron chi connectivity index (χ1n) is 8.07. The molecule has 0 bridgehead atoms. The van der Waals surface area contributed by atoms with Crippen molar-refractivity contribution in [2.45, 2.75) is 18.7 Å². The fourth-order valence-corrected chi connectivity index (χ4v) is 5.61. The number of anilines is 1. The van der Waals surface area contributed by atoms with Crippen LogP contribution >= 0.6 is 23.2 Å². The zero-order valence-electron chi connectivity index (χ0n) is 14.2. The molecular formula is C18H20Cl2N2O2S. The van der Waals surface area contributed by atoms with Crippen molar-refractivity contribution < 1.29 is 8.42 Å². The molecule has 0 N–H and O–H groups in total. The summed E-state index contributed by atoms with van der Waals surface area (Å²) < 4.78 is 27.1. The van der Waals surface area contributed by atoms with Gasteiger partial charge in [0.1, 0.15) is 4.90 Å². The summed E-state index contributed by atoms with van der Waals surface area (Å²) in [7, 11) is -3.58. The topological polar surface area (TPSA) is 40.6 Å². The Balaban J connectivity index is 1.80. The second-order valence-corrected chi connectivity index (χ2v) is 8.95. The Morgan fingerprint density at radius 1 is 0.920 bits per heavy atom. The van der Waals surface area contributed by atoms with Gasteiger partial charge in [-0.2, -0.15) is 4.31 Å². The van der Waals surface area contributed by atoms with E-state index in [1.165, 1.54) is 4.31 Å². The van der Waals surface area contributed by atoms with Crippen LogP contribution in [0.2, 0.25) is 10.0 Å². The highest BCUT2D eigenvalue weighted by Crippen LogP contribution is 2.32. The van der Waals surface area contributed by atoms with Crippen LogP contribution in [0.3, 0.4) is 0 Å². The van der Waals surface area contributed by atoms with Crippen LogP contribution < -0.4 is 4.90 Å². The van der Waals surface area contributed by atoms with Gasteiger partial charge >= 0.3 is 0 Å². The molecule has 0 radical (unpaired) electrons. The molecular weight excluding hydrogens is 379 g/mol. The molecule has 0 saturated carbocycles. The average molecular weight is 399 g/mol. The van der Waals surface area contributed by atoms with Crippen LogP contribution in [-0.4, -0.2) is 38.9 Å². The highest BCUT2D eigenvalue weighted by molar-refractivity contribution is 7.89. The van der Waals surface area contributed by atoms with E-state index in [0.717, 1.165) is 16.8 Å². The van der Waals surface area contributed by atoms with Gasteiger partial charge in [0.15, 0.2) is 0 Å². The third-order valence-corrected chi connectivity index (χ3v) is 7.09. The molecule has 1 aliphatic rings. The lowest BCUT2D eigenvalue weighted by atomic mass is 10.1. The fourth-order valence-electron chi connectivity index (χ4n) is 3.25. The van der Waals surface area contributed by atoms with E-state index in [1.807, 2.05) is 19.9 Å². The first-order valence-corrected chi connectivity index (χ1v) is 10.3. The number of sulfonamides is 1. The number of nitrogens with zero attached hydrogens (tertiary/aromatic N) is 2. The second-order valence-electron chi connectivity index (χ2n) is 6.23. The van der Waals surface area contributed by atoms with E-state index in [1.54, 1.807) is 24.3 Å². The average Bonchev–Trinajstić information content (AvgIpc) is 2.54. The summed E-state index contributed by atoms with van der Waals surface area (Å²) in [6, 6.07) is 10.6. The predicted molar refractivity (Wildman–Crippen MR) is 103 cm³/mol. The molecule has 0 atom stereocenters. The Morgan fingerprint density at radius 2 is 1.56 bits per heavy atom. The van der Waals surface area contributed by atoms with Crippen molar-refractivity contribution in [2.24, 2.45) is 0 Å². The van der Waals surface area contributed by atoms with Gasteiger partial charge < -0.3 is 4.90 Å². The van der Waals surface area contributed by atoms with Crippen molar-refractivity contribution in [2.75, 3.05) is 31.1 Å². The Labute approximate surface area is 159 Å². The number of piperazine rings is 1. The molecule has 0 unspecified atom stereocenters. The van der Waals surface area contributed by atoms with Crippen LogP contribution in [0.15, 0.2) is 41.3 Å². The largest absolute Gasteiger partial charge is 0.367 e. The number of benzene rings is 2. The Hall–Kier alpha value is -1.27. The van der Waals surface area contributed by atoms with Gasteiger partial charge in [-0.1, -0.05) is 41.4 Å². The van der Waals surface area contributed by atoms with Gasteiger partial charge in [-0.05, 0) is 43.2 Å². The quantitative estimate of drug-likeness (QED) is 0.780. The third kappa shape index (κ3) is 3.65. The number of hydrogen-bond donors (Lipinski definition) is 0. The molecule has 1 heterocycles. The summed E-state index contributed by atoms with van der Waals surface area (Å²) in [6.07, 6.45) is 0. The maximum absolute atomic E-state index is 12.8. The van der Waals surface area contributed by atoms with Gasteiger partial charge in [0, 0.05) is 26.2 Å². The SMILES string of the molecule is Cc1cc(C)c(N2CCN(S(=O)(=O)c3ccccc3Cl)CC2)c(Cl)c1. The summed E-state index contributed by atoms with van der Waals surface area (Å²) in [4.78, 5) is 2.31. The maximum Gasteiger partial charge on any atom is 0.244 e. The van der Waals surface area contributed by atoms with Crippen LogP contribution in [0, 0.1) is 13.8 Å². The van der Waals surface area contributed by atoms with E-state index in [-0.39, 0.29) is 9.92 Å². The van der Waals surface area contributed by atoms with Crippen molar-refractivity contribution in [3.05, 3.63) is 57.6 Å². The van der Waals surface area contributed by atoms with E-state index >= 15 is 0 Å². The van der Waals surface area contributed by atoms with E-state index in [9.17, 15) is 8.42 Å². The third-order valence-electron chi connectivity index (χ3n) is 4.41. The Bertz CT molecular complexity index is 869. The van der Waals surface area contributed by atoms with Gasteiger partial charge in [-0.25, -0.2) is 8.42 Å². The van der Waals surface area contributed by atoms with Crippen molar-refractivity contribution >= 4 is 38.9 Å². The Morgan fingerprint density at radius 3 is 2.16 bits per heavy atom. The Kier molecular flexibility index (Phi) is 5.30. The van der Waals surface area contributed by atoms with Crippen molar-refractivity contribution in [1.29, 1.82) is 0 Å². The van der Waals surface area contributed by atoms with Crippen LogP contribution in [0.25, 0.3) is 0 Å². The molecule has 3 rings (SSSR count). The normalized spacial score (nSPS) is 16.2. The van der Waals surface area contributed by atoms with Crippen molar-refractivity contribution in [3.63, 3.8) is 0 Å². The highest BCUT2D eigenvalue weighted by Gasteiger charge is 2.30. The maximum atomic E-state index is 12.8. The summed E-state index contributed by atoms with van der Waals surface area (Å²) in [5.41, 5.74) is 3.21. The van der Waals surface area contributed by atoms with E-state index in [0.29, 0.717) is 31.2 Å². The van der Waals surface area contributed by atoms with Crippen molar-refractivity contribution in [3.8, 4) is 0 Å². The zero-order valence-corrected chi connectivity index (χ0v) is 16.5. The molecule has 2 aromatic rings. The lowest BCUT2D eigenvalue weighted by molar-refractivity contribution is 0.385. The van der Waals surface area contributed by atoms with Crippen molar-refractivity contribution in [1.82, 2.24) is 4.31 Å². The number of rotatable bonds is 3. The molecule has 1 aliphatic heterocycles. The molecule has 1 saturated heterocycles. The van der Waals surface area contributed by atoms with Crippen LogP contribution in [0.4, 0.5) is 5.69 Å². The van der Waals surface area contributed by atoms with Crippen LogP contribution in [-0.2, 0) is 10.0 Å². The molecule has 1 fully saturated rings. The minimum absolute atomic E-state index is 0.162. The molecule has 2 aromatic carbocycles. The lowest BCUT2D eigenvalue weighted by Crippen LogP contribution is -2.49. The van der Waals surface area contributed by atoms with Crippen LogP contribution in [0.5, 0.6) is 0 Å². The summed E-state index contributed by atoms with van der Waals surface area (Å²) >= 11 is 12.5. The van der Waals surface area contributed by atoms with E-state index < -0.39 is 10.0 Å². The zero-order chi connectivity index (χ0) is 18.2. The molecule has 7 heteroatoms.